The Hall–Kier alpha value is -2.08. The van der Waals surface area contributed by atoms with Crippen LogP contribution in [0.25, 0.3) is 0 Å². The molecule has 0 radical (unpaired) electrons. The molecule has 25 heavy (non-hydrogen) atoms. The van der Waals surface area contributed by atoms with E-state index in [1.54, 1.807) is 24.3 Å². The summed E-state index contributed by atoms with van der Waals surface area (Å²) in [6.45, 7) is 1.34. The zero-order chi connectivity index (χ0) is 17.5. The van der Waals surface area contributed by atoms with Crippen LogP contribution in [-0.4, -0.2) is 31.1 Å². The average molecular weight is 346 g/mol. The van der Waals surface area contributed by atoms with Crippen LogP contribution in [0.3, 0.4) is 0 Å². The molecular weight excluding hydrogens is 320 g/mol. The Balaban J connectivity index is 1.42. The van der Waals surface area contributed by atoms with Crippen molar-refractivity contribution in [1.82, 2.24) is 10.9 Å². The van der Waals surface area contributed by atoms with Crippen LogP contribution < -0.4 is 15.6 Å². The maximum absolute atomic E-state index is 12.1. The number of benzene rings is 1. The van der Waals surface area contributed by atoms with Crippen LogP contribution in [0.1, 0.15) is 55.3 Å². The van der Waals surface area contributed by atoms with Gasteiger partial charge in [-0.15, -0.1) is 0 Å². The van der Waals surface area contributed by atoms with Crippen LogP contribution in [0.5, 0.6) is 5.75 Å². The highest BCUT2D eigenvalue weighted by atomic mass is 16.5. The predicted octanol–water partition coefficient (Wildman–Crippen LogP) is 2.59. The minimum atomic E-state index is -0.324. The van der Waals surface area contributed by atoms with Crippen molar-refractivity contribution in [3.63, 3.8) is 0 Å². The monoisotopic (exact) mass is 346 g/mol. The lowest BCUT2D eigenvalue weighted by molar-refractivity contribution is -0.126. The minimum absolute atomic E-state index is 0.0163. The van der Waals surface area contributed by atoms with Crippen LogP contribution in [0, 0.1) is 5.92 Å². The Bertz CT molecular complexity index is 576. The second-order valence-electron chi connectivity index (χ2n) is 6.75. The molecule has 1 aliphatic carbocycles. The first-order valence-corrected chi connectivity index (χ1v) is 9.17. The molecule has 3 rings (SSSR count). The summed E-state index contributed by atoms with van der Waals surface area (Å²) in [6, 6.07) is 6.89. The highest BCUT2D eigenvalue weighted by molar-refractivity contribution is 5.95. The zero-order valence-corrected chi connectivity index (χ0v) is 14.5. The molecule has 2 amide bonds. The van der Waals surface area contributed by atoms with Gasteiger partial charge in [0.25, 0.3) is 5.91 Å². The van der Waals surface area contributed by atoms with Crippen molar-refractivity contribution >= 4 is 11.8 Å². The fourth-order valence-electron chi connectivity index (χ4n) is 3.32. The summed E-state index contributed by atoms with van der Waals surface area (Å²) in [4.78, 5) is 24.2. The summed E-state index contributed by atoms with van der Waals surface area (Å²) in [5, 5.41) is 0. The Morgan fingerprint density at radius 3 is 2.44 bits per heavy atom. The van der Waals surface area contributed by atoms with E-state index in [0.717, 1.165) is 45.1 Å². The number of carbonyl (C=O) groups is 2. The molecule has 0 unspecified atom stereocenters. The molecule has 0 spiro atoms. The van der Waals surface area contributed by atoms with E-state index in [1.807, 2.05) is 0 Å². The Labute approximate surface area is 148 Å². The number of hydrogen-bond acceptors (Lipinski definition) is 4. The first-order valence-electron chi connectivity index (χ1n) is 9.17. The summed E-state index contributed by atoms with van der Waals surface area (Å²) >= 11 is 0. The first-order chi connectivity index (χ1) is 12.2. The maximum atomic E-state index is 12.1. The van der Waals surface area contributed by atoms with E-state index in [1.165, 1.54) is 6.42 Å². The average Bonchev–Trinajstić information content (AvgIpc) is 3.19. The van der Waals surface area contributed by atoms with E-state index in [9.17, 15) is 9.59 Å². The summed E-state index contributed by atoms with van der Waals surface area (Å²) in [6.07, 6.45) is 7.44. The third kappa shape index (κ3) is 5.19. The van der Waals surface area contributed by atoms with E-state index < -0.39 is 0 Å². The molecule has 0 aromatic heterocycles. The third-order valence-corrected chi connectivity index (χ3v) is 4.85. The number of amides is 2. The molecule has 2 N–H and O–H groups in total. The Morgan fingerprint density at radius 1 is 1.00 bits per heavy atom. The van der Waals surface area contributed by atoms with Gasteiger partial charge in [-0.1, -0.05) is 19.3 Å². The van der Waals surface area contributed by atoms with Gasteiger partial charge in [0, 0.05) is 18.1 Å². The molecule has 1 heterocycles. The second kappa shape index (κ2) is 8.85. The zero-order valence-electron chi connectivity index (χ0n) is 14.5. The van der Waals surface area contributed by atoms with Crippen molar-refractivity contribution < 1.29 is 19.1 Å². The third-order valence-electron chi connectivity index (χ3n) is 4.85. The van der Waals surface area contributed by atoms with E-state index in [0.29, 0.717) is 17.9 Å². The van der Waals surface area contributed by atoms with Crippen molar-refractivity contribution in [1.29, 1.82) is 0 Å². The molecule has 2 fully saturated rings. The molecule has 136 valence electrons. The molecule has 1 aromatic rings. The van der Waals surface area contributed by atoms with Crippen molar-refractivity contribution in [2.45, 2.75) is 51.0 Å². The molecule has 6 heteroatoms. The van der Waals surface area contributed by atoms with Gasteiger partial charge in [0.1, 0.15) is 12.4 Å². The SMILES string of the molecule is O=C(NNC(=O)C1CCCCC1)c1ccc(OC[C@@H]2CCCO2)cc1. The molecule has 1 atom stereocenters. The van der Waals surface area contributed by atoms with E-state index in [-0.39, 0.29) is 23.8 Å². The van der Waals surface area contributed by atoms with Gasteiger partial charge >= 0.3 is 0 Å². The molecule has 1 saturated carbocycles. The molecule has 1 saturated heterocycles. The minimum Gasteiger partial charge on any atom is -0.491 e. The van der Waals surface area contributed by atoms with Gasteiger partial charge in [0.05, 0.1) is 6.10 Å². The highest BCUT2D eigenvalue weighted by Crippen LogP contribution is 2.23. The highest BCUT2D eigenvalue weighted by Gasteiger charge is 2.21. The van der Waals surface area contributed by atoms with Crippen LogP contribution in [0.2, 0.25) is 0 Å². The van der Waals surface area contributed by atoms with E-state index in [2.05, 4.69) is 10.9 Å². The molecular formula is C19H26N2O4. The number of rotatable bonds is 5. The van der Waals surface area contributed by atoms with Crippen LogP contribution in [0.15, 0.2) is 24.3 Å². The van der Waals surface area contributed by atoms with Crippen molar-refractivity contribution in [2.24, 2.45) is 5.92 Å². The first kappa shape index (κ1) is 17.7. The van der Waals surface area contributed by atoms with Crippen LogP contribution in [-0.2, 0) is 9.53 Å². The summed E-state index contributed by atoms with van der Waals surface area (Å²) in [5.74, 6) is 0.306. The molecule has 2 aliphatic rings. The topological polar surface area (TPSA) is 76.7 Å². The quantitative estimate of drug-likeness (QED) is 0.804. The fourth-order valence-corrected chi connectivity index (χ4v) is 3.32. The Kier molecular flexibility index (Phi) is 6.28. The number of carbonyl (C=O) groups excluding carboxylic acids is 2. The predicted molar refractivity (Wildman–Crippen MR) is 93.1 cm³/mol. The number of nitrogens with one attached hydrogen (secondary N) is 2. The molecule has 1 aromatic carbocycles. The molecule has 6 nitrogen and oxygen atoms in total. The van der Waals surface area contributed by atoms with Gasteiger partial charge in [-0.05, 0) is 49.9 Å². The normalized spacial score (nSPS) is 20.9. The van der Waals surface area contributed by atoms with Gasteiger partial charge in [-0.3, -0.25) is 20.4 Å². The summed E-state index contributed by atoms with van der Waals surface area (Å²) in [7, 11) is 0. The van der Waals surface area contributed by atoms with Crippen molar-refractivity contribution in [3.8, 4) is 5.75 Å². The standard InChI is InChI=1S/C19H26N2O4/c22-18(14-5-2-1-3-6-14)20-21-19(23)15-8-10-16(11-9-15)25-13-17-7-4-12-24-17/h8-11,14,17H,1-7,12-13H2,(H,20,22)(H,21,23)/t17-/m0/s1. The lowest BCUT2D eigenvalue weighted by Crippen LogP contribution is -2.44. The number of hydrogen-bond donors (Lipinski definition) is 2. The van der Waals surface area contributed by atoms with Gasteiger partial charge in [0.2, 0.25) is 5.91 Å². The number of hydrazine groups is 1. The summed E-state index contributed by atoms with van der Waals surface area (Å²) in [5.41, 5.74) is 5.51. The van der Waals surface area contributed by atoms with E-state index in [4.69, 9.17) is 9.47 Å². The maximum Gasteiger partial charge on any atom is 0.269 e. The smallest absolute Gasteiger partial charge is 0.269 e. The van der Waals surface area contributed by atoms with Gasteiger partial charge in [-0.25, -0.2) is 0 Å². The largest absolute Gasteiger partial charge is 0.491 e. The lowest BCUT2D eigenvalue weighted by atomic mass is 9.89. The van der Waals surface area contributed by atoms with E-state index >= 15 is 0 Å². The van der Waals surface area contributed by atoms with Crippen molar-refractivity contribution in [2.75, 3.05) is 13.2 Å². The van der Waals surface area contributed by atoms with Gasteiger partial charge in [-0.2, -0.15) is 0 Å². The van der Waals surface area contributed by atoms with Crippen molar-refractivity contribution in [3.05, 3.63) is 29.8 Å². The van der Waals surface area contributed by atoms with Gasteiger partial charge < -0.3 is 9.47 Å². The van der Waals surface area contributed by atoms with Crippen LogP contribution >= 0.6 is 0 Å². The second-order valence-corrected chi connectivity index (χ2v) is 6.75. The molecule has 1 aliphatic heterocycles. The molecule has 0 bridgehead atoms. The Morgan fingerprint density at radius 2 is 1.76 bits per heavy atom. The number of ether oxygens (including phenoxy) is 2. The summed E-state index contributed by atoms with van der Waals surface area (Å²) < 4.78 is 11.2. The fraction of sp³-hybridized carbons (Fsp3) is 0.579. The van der Waals surface area contributed by atoms with Gasteiger partial charge in [0.15, 0.2) is 0 Å². The van der Waals surface area contributed by atoms with Crippen LogP contribution in [0.4, 0.5) is 0 Å². The lowest BCUT2D eigenvalue weighted by Gasteiger charge is -2.20.